The second-order valence-electron chi connectivity index (χ2n) is 9.33. The summed E-state index contributed by atoms with van der Waals surface area (Å²) in [5.74, 6) is -1.77. The van der Waals surface area contributed by atoms with Crippen LogP contribution in [-0.4, -0.2) is 63.9 Å². The standard InChI is InChI=1S/C27H33N3O7/c1-17(2)23-9-4-10-24(33)28-11-5-7-18(3)13-19(31)14-20(32)15-25-29-21(16-36-25)26(34)30-12-6-8-22(30)27(35)37-23/h4-5,7-8,10,13,16-17,19,23,31H,6,9,11-12,14-15H2,1-3H3,(H,28,33)/b7-5+,10-4+,18-13+/t19-,23+/m1/s1. The predicted octanol–water partition coefficient (Wildman–Crippen LogP) is 2.41. The lowest BCUT2D eigenvalue weighted by Gasteiger charge is -2.23. The van der Waals surface area contributed by atoms with Gasteiger partial charge in [-0.15, -0.1) is 0 Å². The number of allylic oxidation sites excluding steroid dienone is 2. The zero-order chi connectivity index (χ0) is 26.9. The second-order valence-corrected chi connectivity index (χ2v) is 9.33. The number of aliphatic hydroxyl groups excluding tert-OH is 1. The molecule has 0 aliphatic carbocycles. The zero-order valence-electron chi connectivity index (χ0n) is 21.3. The van der Waals surface area contributed by atoms with Gasteiger partial charge in [0.1, 0.15) is 23.8 Å². The predicted molar refractivity (Wildman–Crippen MR) is 134 cm³/mol. The first-order valence-electron chi connectivity index (χ1n) is 12.3. The third kappa shape index (κ3) is 8.11. The maximum Gasteiger partial charge on any atom is 0.355 e. The van der Waals surface area contributed by atoms with Gasteiger partial charge in [-0.3, -0.25) is 14.4 Å². The first-order chi connectivity index (χ1) is 17.6. The number of hydrogen-bond donors (Lipinski definition) is 2. The Hall–Kier alpha value is -3.79. The van der Waals surface area contributed by atoms with E-state index < -0.39 is 24.1 Å². The summed E-state index contributed by atoms with van der Waals surface area (Å²) in [6, 6.07) is 0. The molecule has 2 amide bonds. The number of hydrogen-bond acceptors (Lipinski definition) is 8. The van der Waals surface area contributed by atoms with Crippen LogP contribution >= 0.6 is 0 Å². The van der Waals surface area contributed by atoms with Crippen molar-refractivity contribution in [1.29, 1.82) is 0 Å². The number of esters is 1. The fraction of sp³-hybridized carbons (Fsp3) is 0.444. The monoisotopic (exact) mass is 511 g/mol. The Morgan fingerprint density at radius 1 is 1.16 bits per heavy atom. The van der Waals surface area contributed by atoms with Gasteiger partial charge in [0.2, 0.25) is 11.8 Å². The number of ether oxygens (including phenoxy) is 1. The van der Waals surface area contributed by atoms with Gasteiger partial charge in [0.15, 0.2) is 5.69 Å². The molecule has 0 saturated heterocycles. The number of Topliss-reactive ketones (excluding diaryl/α,β-unsaturated/α-hetero) is 1. The number of aliphatic hydroxyl groups is 1. The minimum Gasteiger partial charge on any atom is -0.457 e. The van der Waals surface area contributed by atoms with Crippen LogP contribution in [-0.2, 0) is 25.5 Å². The fourth-order valence-corrected chi connectivity index (χ4v) is 3.91. The van der Waals surface area contributed by atoms with E-state index in [2.05, 4.69) is 10.3 Å². The molecular weight excluding hydrogens is 478 g/mol. The number of oxazole rings is 1. The number of carbonyl (C=O) groups is 4. The lowest BCUT2D eigenvalue weighted by Crippen LogP contribution is -2.34. The third-order valence-corrected chi connectivity index (χ3v) is 5.86. The normalized spacial score (nSPS) is 26.0. The molecule has 37 heavy (non-hydrogen) atoms. The largest absolute Gasteiger partial charge is 0.457 e. The molecule has 1 aromatic heterocycles. The Labute approximate surface area is 215 Å². The summed E-state index contributed by atoms with van der Waals surface area (Å²) in [6.07, 6.45) is 9.78. The lowest BCUT2D eigenvalue weighted by atomic mass is 10.0. The minimum absolute atomic E-state index is 0.0269. The number of amides is 2. The van der Waals surface area contributed by atoms with Crippen LogP contribution in [0.3, 0.4) is 0 Å². The van der Waals surface area contributed by atoms with E-state index in [1.807, 2.05) is 13.8 Å². The molecule has 2 bridgehead atoms. The van der Waals surface area contributed by atoms with Crippen LogP contribution in [0, 0.1) is 5.92 Å². The van der Waals surface area contributed by atoms with Crippen LogP contribution in [0.15, 0.2) is 58.4 Å². The minimum atomic E-state index is -1.01. The molecule has 0 aromatic carbocycles. The van der Waals surface area contributed by atoms with Gasteiger partial charge in [0.25, 0.3) is 5.91 Å². The average molecular weight is 512 g/mol. The number of cyclic esters (lactones) is 1. The van der Waals surface area contributed by atoms with E-state index in [-0.39, 0.29) is 60.8 Å². The molecule has 3 rings (SSSR count). The summed E-state index contributed by atoms with van der Waals surface area (Å²) in [7, 11) is 0. The number of carbonyl (C=O) groups excluding carboxylic acids is 4. The number of nitrogens with one attached hydrogen (secondary N) is 1. The molecule has 2 aliphatic rings. The molecule has 3 heterocycles. The van der Waals surface area contributed by atoms with Crippen molar-refractivity contribution < 1.29 is 33.4 Å². The van der Waals surface area contributed by atoms with E-state index in [1.54, 1.807) is 37.3 Å². The van der Waals surface area contributed by atoms with E-state index in [1.165, 1.54) is 11.0 Å². The highest BCUT2D eigenvalue weighted by Gasteiger charge is 2.32. The molecule has 10 heteroatoms. The van der Waals surface area contributed by atoms with Crippen LogP contribution in [0.1, 0.15) is 56.4 Å². The van der Waals surface area contributed by atoms with Gasteiger partial charge >= 0.3 is 5.97 Å². The molecule has 10 nitrogen and oxygen atoms in total. The zero-order valence-corrected chi connectivity index (χ0v) is 21.3. The number of ketones is 1. The summed E-state index contributed by atoms with van der Waals surface area (Å²) >= 11 is 0. The van der Waals surface area contributed by atoms with Gasteiger partial charge in [0.05, 0.1) is 12.5 Å². The van der Waals surface area contributed by atoms with Crippen LogP contribution < -0.4 is 5.32 Å². The van der Waals surface area contributed by atoms with E-state index in [0.29, 0.717) is 12.8 Å². The maximum atomic E-state index is 13.1. The van der Waals surface area contributed by atoms with Crippen LogP contribution in [0.25, 0.3) is 0 Å². The van der Waals surface area contributed by atoms with E-state index in [4.69, 9.17) is 9.15 Å². The summed E-state index contributed by atoms with van der Waals surface area (Å²) < 4.78 is 11.0. The van der Waals surface area contributed by atoms with Crippen molar-refractivity contribution in [3.63, 3.8) is 0 Å². The Morgan fingerprint density at radius 2 is 1.95 bits per heavy atom. The van der Waals surface area contributed by atoms with Crippen molar-refractivity contribution in [1.82, 2.24) is 15.2 Å². The van der Waals surface area contributed by atoms with Crippen molar-refractivity contribution in [3.05, 3.63) is 65.6 Å². The highest BCUT2D eigenvalue weighted by atomic mass is 16.5. The van der Waals surface area contributed by atoms with E-state index in [0.717, 1.165) is 11.8 Å². The molecule has 0 spiro atoms. The SMILES string of the molecule is CC1=C\[C@@H](O)CC(=O)Cc2nc(co2)C(=O)N2CCC=C2C(=O)O[C@H](C(C)C)C/C=C/C(=O)NC\C=C\1. The number of aromatic nitrogens is 1. The quantitative estimate of drug-likeness (QED) is 0.548. The summed E-state index contributed by atoms with van der Waals surface area (Å²) in [6.45, 7) is 6.13. The van der Waals surface area contributed by atoms with Gasteiger partial charge in [-0.2, -0.15) is 0 Å². The van der Waals surface area contributed by atoms with Crippen LogP contribution in [0.2, 0.25) is 0 Å². The Bertz CT molecular complexity index is 1140. The third-order valence-electron chi connectivity index (χ3n) is 5.86. The van der Waals surface area contributed by atoms with Crippen molar-refractivity contribution in [3.8, 4) is 0 Å². The van der Waals surface area contributed by atoms with Crippen molar-refractivity contribution in [2.24, 2.45) is 5.92 Å². The lowest BCUT2D eigenvalue weighted by molar-refractivity contribution is -0.147. The molecule has 198 valence electrons. The van der Waals surface area contributed by atoms with E-state index in [9.17, 15) is 24.3 Å². The first-order valence-corrected chi connectivity index (χ1v) is 12.3. The van der Waals surface area contributed by atoms with Gasteiger partial charge in [-0.1, -0.05) is 49.8 Å². The van der Waals surface area contributed by atoms with Gasteiger partial charge < -0.3 is 24.5 Å². The van der Waals surface area contributed by atoms with Gasteiger partial charge in [-0.05, 0) is 25.3 Å². The smallest absolute Gasteiger partial charge is 0.355 e. The van der Waals surface area contributed by atoms with Gasteiger partial charge in [0, 0.05) is 25.9 Å². The van der Waals surface area contributed by atoms with Crippen molar-refractivity contribution in [2.45, 2.75) is 58.7 Å². The second kappa shape index (κ2) is 13.0. The molecule has 0 radical (unpaired) electrons. The number of fused-ring (bicyclic) bond motifs is 3. The number of rotatable bonds is 1. The van der Waals surface area contributed by atoms with Crippen LogP contribution in [0.4, 0.5) is 0 Å². The average Bonchev–Trinajstić information content (AvgIpc) is 3.50. The summed E-state index contributed by atoms with van der Waals surface area (Å²) in [5.41, 5.74) is 0.814. The Kier molecular flexibility index (Phi) is 9.73. The summed E-state index contributed by atoms with van der Waals surface area (Å²) in [5, 5.41) is 12.9. The highest BCUT2D eigenvalue weighted by Crippen LogP contribution is 2.22. The molecular formula is C27H33N3O7. The summed E-state index contributed by atoms with van der Waals surface area (Å²) in [4.78, 5) is 55.9. The fourth-order valence-electron chi connectivity index (χ4n) is 3.91. The Balaban J connectivity index is 1.83. The molecule has 0 saturated carbocycles. The molecule has 0 fully saturated rings. The topological polar surface area (TPSA) is 139 Å². The maximum absolute atomic E-state index is 13.1. The van der Waals surface area contributed by atoms with Crippen LogP contribution in [0.5, 0.6) is 0 Å². The molecule has 0 unspecified atom stereocenters. The van der Waals surface area contributed by atoms with E-state index >= 15 is 0 Å². The first kappa shape index (κ1) is 27.8. The molecule has 2 aliphatic heterocycles. The van der Waals surface area contributed by atoms with Gasteiger partial charge in [-0.25, -0.2) is 9.78 Å². The Morgan fingerprint density at radius 3 is 2.70 bits per heavy atom. The van der Waals surface area contributed by atoms with Crippen molar-refractivity contribution >= 4 is 23.6 Å². The highest BCUT2D eigenvalue weighted by molar-refractivity contribution is 6.00. The number of nitrogens with zero attached hydrogens (tertiary/aromatic N) is 2. The van der Waals surface area contributed by atoms with Crippen molar-refractivity contribution in [2.75, 3.05) is 13.1 Å². The molecule has 2 atom stereocenters. The molecule has 1 aromatic rings. The molecule has 2 N–H and O–H groups in total.